The van der Waals surface area contributed by atoms with Gasteiger partial charge in [-0.2, -0.15) is 5.26 Å². The molecule has 4 heteroatoms. The maximum Gasteiger partial charge on any atom is 0.142 e. The number of nitrogens with two attached hydrogens (primary N) is 1. The molecule has 1 aromatic rings. The first-order valence-electron chi connectivity index (χ1n) is 4.59. The Hall–Kier alpha value is -1.60. The number of hydrogen-bond acceptors (Lipinski definition) is 4. The van der Waals surface area contributed by atoms with E-state index in [-0.39, 0.29) is 0 Å². The zero-order valence-corrected chi connectivity index (χ0v) is 8.25. The molecule has 0 atom stereocenters. The Kier molecular flexibility index (Phi) is 3.89. The van der Waals surface area contributed by atoms with Gasteiger partial charge in [-0.15, -0.1) is 0 Å². The number of nitriles is 1. The van der Waals surface area contributed by atoms with Crippen LogP contribution < -0.4 is 11.1 Å². The summed E-state index contributed by atoms with van der Waals surface area (Å²) in [5.74, 6) is 0. The topological polar surface area (TPSA) is 74.7 Å². The number of hydrogen-bond donors (Lipinski definition) is 2. The van der Waals surface area contributed by atoms with Gasteiger partial charge in [-0.25, -0.2) is 4.98 Å². The van der Waals surface area contributed by atoms with E-state index in [0.29, 0.717) is 12.2 Å². The number of nitrogens with zero attached hydrogens (tertiary/aromatic N) is 2. The van der Waals surface area contributed by atoms with Crippen molar-refractivity contribution >= 4 is 5.69 Å². The molecule has 14 heavy (non-hydrogen) atoms. The minimum atomic E-state index is 0.445. The van der Waals surface area contributed by atoms with E-state index >= 15 is 0 Å². The second-order valence-corrected chi connectivity index (χ2v) is 3.06. The molecule has 74 valence electrons. The van der Waals surface area contributed by atoms with Crippen molar-refractivity contribution in [1.82, 2.24) is 4.98 Å². The molecule has 0 aliphatic rings. The molecular formula is C10H14N4. The lowest BCUT2D eigenvalue weighted by molar-refractivity contribution is 0.873. The number of aromatic nitrogens is 1. The molecule has 1 aromatic heterocycles. The van der Waals surface area contributed by atoms with Crippen LogP contribution in [0.4, 0.5) is 5.69 Å². The van der Waals surface area contributed by atoms with E-state index in [0.717, 1.165) is 24.3 Å². The molecule has 0 bridgehead atoms. The maximum atomic E-state index is 8.70. The van der Waals surface area contributed by atoms with Gasteiger partial charge >= 0.3 is 0 Å². The highest BCUT2D eigenvalue weighted by molar-refractivity contribution is 5.47. The Balaban J connectivity index is 2.68. The van der Waals surface area contributed by atoms with Crippen LogP contribution in [0.2, 0.25) is 0 Å². The van der Waals surface area contributed by atoms with Crippen LogP contribution in [0.25, 0.3) is 0 Å². The lowest BCUT2D eigenvalue weighted by atomic mass is 10.2. The minimum absolute atomic E-state index is 0.445. The number of pyridine rings is 1. The van der Waals surface area contributed by atoms with Gasteiger partial charge in [0.05, 0.1) is 0 Å². The van der Waals surface area contributed by atoms with Crippen LogP contribution in [0.15, 0.2) is 12.1 Å². The van der Waals surface area contributed by atoms with Crippen molar-refractivity contribution in [1.29, 1.82) is 5.26 Å². The smallest absolute Gasteiger partial charge is 0.142 e. The third-order valence-corrected chi connectivity index (χ3v) is 1.78. The van der Waals surface area contributed by atoms with Crippen LogP contribution in [0.3, 0.4) is 0 Å². The van der Waals surface area contributed by atoms with Gasteiger partial charge in [0.15, 0.2) is 0 Å². The summed E-state index contributed by atoms with van der Waals surface area (Å²) in [7, 11) is 0. The van der Waals surface area contributed by atoms with Crippen molar-refractivity contribution < 1.29 is 0 Å². The predicted molar refractivity (Wildman–Crippen MR) is 55.9 cm³/mol. The summed E-state index contributed by atoms with van der Waals surface area (Å²) < 4.78 is 0. The standard InChI is InChI=1S/C10H14N4/c1-8-5-9(13-4-2-3-11)6-10(7-12)14-8/h5-6H,2-4,11H2,1H3,(H,13,14). The van der Waals surface area contributed by atoms with Crippen molar-refractivity contribution in [3.63, 3.8) is 0 Å². The second-order valence-electron chi connectivity index (χ2n) is 3.06. The molecule has 0 radical (unpaired) electrons. The maximum absolute atomic E-state index is 8.70. The summed E-state index contributed by atoms with van der Waals surface area (Å²) in [6.45, 7) is 3.36. The Morgan fingerprint density at radius 3 is 3.00 bits per heavy atom. The largest absolute Gasteiger partial charge is 0.385 e. The molecule has 0 aliphatic heterocycles. The van der Waals surface area contributed by atoms with Crippen LogP contribution in [0.5, 0.6) is 0 Å². The van der Waals surface area contributed by atoms with Crippen LogP contribution in [0, 0.1) is 18.3 Å². The van der Waals surface area contributed by atoms with Crippen molar-refractivity contribution in [3.05, 3.63) is 23.5 Å². The summed E-state index contributed by atoms with van der Waals surface area (Å²) in [5, 5.41) is 11.9. The minimum Gasteiger partial charge on any atom is -0.385 e. The summed E-state index contributed by atoms with van der Waals surface area (Å²) >= 11 is 0. The molecule has 0 unspecified atom stereocenters. The molecule has 3 N–H and O–H groups in total. The van der Waals surface area contributed by atoms with E-state index in [1.807, 2.05) is 19.1 Å². The van der Waals surface area contributed by atoms with Gasteiger partial charge in [-0.3, -0.25) is 0 Å². The zero-order chi connectivity index (χ0) is 10.4. The quantitative estimate of drug-likeness (QED) is 0.695. The normalized spacial score (nSPS) is 9.50. The van der Waals surface area contributed by atoms with Crippen LogP contribution >= 0.6 is 0 Å². The fourth-order valence-electron chi connectivity index (χ4n) is 1.16. The van der Waals surface area contributed by atoms with Gasteiger partial charge < -0.3 is 11.1 Å². The highest BCUT2D eigenvalue weighted by Gasteiger charge is 1.98. The van der Waals surface area contributed by atoms with Crippen molar-refractivity contribution in [2.75, 3.05) is 18.4 Å². The lowest BCUT2D eigenvalue weighted by Crippen LogP contribution is -2.08. The van der Waals surface area contributed by atoms with Crippen molar-refractivity contribution in [2.24, 2.45) is 5.73 Å². The first-order chi connectivity index (χ1) is 6.76. The monoisotopic (exact) mass is 190 g/mol. The molecule has 0 aliphatic carbocycles. The van der Waals surface area contributed by atoms with E-state index in [1.54, 1.807) is 6.07 Å². The molecule has 4 nitrogen and oxygen atoms in total. The van der Waals surface area contributed by atoms with Crippen molar-refractivity contribution in [2.45, 2.75) is 13.3 Å². The summed E-state index contributed by atoms with van der Waals surface area (Å²) in [4.78, 5) is 4.05. The van der Waals surface area contributed by atoms with Gasteiger partial charge in [-0.05, 0) is 32.0 Å². The highest BCUT2D eigenvalue weighted by atomic mass is 14.9. The highest BCUT2D eigenvalue weighted by Crippen LogP contribution is 2.10. The summed E-state index contributed by atoms with van der Waals surface area (Å²) in [5.41, 5.74) is 7.60. The fourth-order valence-corrected chi connectivity index (χ4v) is 1.16. The van der Waals surface area contributed by atoms with Gasteiger partial charge in [0.25, 0.3) is 0 Å². The Morgan fingerprint density at radius 2 is 2.36 bits per heavy atom. The molecule has 0 fully saturated rings. The number of nitrogens with one attached hydrogen (secondary N) is 1. The number of anilines is 1. The zero-order valence-electron chi connectivity index (χ0n) is 8.25. The predicted octanol–water partition coefficient (Wildman–Crippen LogP) is 1.02. The third kappa shape index (κ3) is 3.04. The third-order valence-electron chi connectivity index (χ3n) is 1.78. The van der Waals surface area contributed by atoms with E-state index in [9.17, 15) is 0 Å². The first kappa shape index (κ1) is 10.5. The molecule has 0 aromatic carbocycles. The van der Waals surface area contributed by atoms with Crippen LogP contribution in [-0.2, 0) is 0 Å². The Morgan fingerprint density at radius 1 is 1.57 bits per heavy atom. The molecule has 0 amide bonds. The van der Waals surface area contributed by atoms with Gasteiger partial charge in [0.1, 0.15) is 11.8 Å². The van der Waals surface area contributed by atoms with E-state index in [4.69, 9.17) is 11.0 Å². The number of aryl methyl sites for hydroxylation is 1. The first-order valence-corrected chi connectivity index (χ1v) is 4.59. The summed E-state index contributed by atoms with van der Waals surface area (Å²) in [6.07, 6.45) is 0.920. The second kappa shape index (κ2) is 5.20. The van der Waals surface area contributed by atoms with E-state index in [2.05, 4.69) is 10.3 Å². The van der Waals surface area contributed by atoms with Crippen LogP contribution in [0.1, 0.15) is 17.8 Å². The van der Waals surface area contributed by atoms with E-state index < -0.39 is 0 Å². The molecule has 0 spiro atoms. The Labute approximate surface area is 83.8 Å². The van der Waals surface area contributed by atoms with Crippen molar-refractivity contribution in [3.8, 4) is 6.07 Å². The molecule has 1 rings (SSSR count). The van der Waals surface area contributed by atoms with E-state index in [1.165, 1.54) is 0 Å². The molecule has 1 heterocycles. The average molecular weight is 190 g/mol. The Bertz CT molecular complexity index is 340. The SMILES string of the molecule is Cc1cc(NCCCN)cc(C#N)n1. The number of rotatable bonds is 4. The van der Waals surface area contributed by atoms with Gasteiger partial charge in [-0.1, -0.05) is 0 Å². The van der Waals surface area contributed by atoms with Crippen LogP contribution in [-0.4, -0.2) is 18.1 Å². The molecule has 0 saturated heterocycles. The van der Waals surface area contributed by atoms with Gasteiger partial charge in [0.2, 0.25) is 0 Å². The van der Waals surface area contributed by atoms with Gasteiger partial charge in [0, 0.05) is 17.9 Å². The fraction of sp³-hybridized carbons (Fsp3) is 0.400. The average Bonchev–Trinajstić information content (AvgIpc) is 2.17. The lowest BCUT2D eigenvalue weighted by Gasteiger charge is -2.06. The molecular weight excluding hydrogens is 176 g/mol. The summed E-state index contributed by atoms with van der Waals surface area (Å²) in [6, 6.07) is 5.68. The molecule has 0 saturated carbocycles.